The molecule has 0 saturated heterocycles. The Kier molecular flexibility index (Phi) is 39.5. The summed E-state index contributed by atoms with van der Waals surface area (Å²) in [6, 6.07) is 56.2. The van der Waals surface area contributed by atoms with Crippen LogP contribution in [0.15, 0.2) is 232 Å². The zero-order valence-electron chi connectivity index (χ0n) is 75.9. The zero-order valence-corrected chi connectivity index (χ0v) is 75.9. The Bertz CT molecular complexity index is 6040. The Hall–Kier alpha value is -11.8. The standard InChI is InChI=1S/C22H19N4.C21H15N4.2C17H13N4.12C2H6.3CH4/c1-13-25-9-8-23-12-20(25)21-24-18-10-15-14-6-4-5-7-16(14)22(2,3)17(15)11-19(18)26(13)21;1-13-24-11-10-22-12-18(24)21-23-19-16-8-4-2-6-14(16)15-7-3-5-9-17(15)20(19)25(13)21;1-11-20-7-6-18-10-16(20)17-19-14-8-12-4-2-3-5-13(12)9-15(14)21(11)17;1-11-20-9-8-18-10-15(20)17-19-16-13-5-3-2-4-12(13)6-7-14(16)21(11)17;12*1-2;;;/h4-13H,1-3H3;2-13H,1H3;2*2-11H,1H3;12*1-2H3;3*1H4/q4*+1;;;;;;;;;;;;;;;. The van der Waals surface area contributed by atoms with E-state index in [0.717, 1.165) is 68.1 Å². The van der Waals surface area contributed by atoms with Crippen molar-refractivity contribution in [3.05, 3.63) is 243 Å². The van der Waals surface area contributed by atoms with Crippen LogP contribution in [0.2, 0.25) is 0 Å². The minimum Gasteiger partial charge on any atom is -0.259 e. The normalized spacial score (nSPS) is 13.6. The van der Waals surface area contributed by atoms with Crippen molar-refractivity contribution in [2.75, 3.05) is 0 Å². The van der Waals surface area contributed by atoms with Crippen LogP contribution in [0.4, 0.5) is 0 Å². The van der Waals surface area contributed by atoms with Gasteiger partial charge in [-0.2, -0.15) is 18.3 Å². The number of hydrogen-bond acceptors (Lipinski definition) is 8. The second kappa shape index (κ2) is 47.1. The van der Waals surface area contributed by atoms with Crippen molar-refractivity contribution in [2.45, 2.75) is 260 Å². The summed E-state index contributed by atoms with van der Waals surface area (Å²) in [5.74, 6) is 4.01. The largest absolute Gasteiger partial charge is 0.269 e. The fraction of sp³-hybridized carbons (Fsp3) is 0.365. The van der Waals surface area contributed by atoms with E-state index in [-0.39, 0.29) is 52.4 Å². The molecule has 0 spiro atoms. The number of imidazole rings is 4. The van der Waals surface area contributed by atoms with Gasteiger partial charge < -0.3 is 0 Å². The maximum atomic E-state index is 5.07. The minimum atomic E-state index is 0. The average molecular weight is 1620 g/mol. The predicted molar refractivity (Wildman–Crippen MR) is 517 cm³/mol. The van der Waals surface area contributed by atoms with Gasteiger partial charge in [0.2, 0.25) is 48.0 Å². The predicted octanol–water partition coefficient (Wildman–Crippen LogP) is 28.2. The highest BCUT2D eigenvalue weighted by atomic mass is 15.3. The summed E-state index contributed by atoms with van der Waals surface area (Å²) in [6.07, 6.45) is 23.9. The monoisotopic (exact) mass is 1620 g/mol. The first-order chi connectivity index (χ1) is 57.6. The van der Waals surface area contributed by atoms with Gasteiger partial charge in [-0.15, -0.1) is 0 Å². The molecule has 9 aromatic carbocycles. The molecule has 4 aliphatic heterocycles. The summed E-state index contributed by atoms with van der Waals surface area (Å²) in [5, 5.41) is 9.91. The molecule has 0 saturated carbocycles. The van der Waals surface area contributed by atoms with Crippen molar-refractivity contribution in [3.63, 3.8) is 0 Å². The lowest BCUT2D eigenvalue weighted by Gasteiger charge is -2.21. The average Bonchev–Trinajstić information content (AvgIpc) is 1.56. The lowest BCUT2D eigenvalue weighted by atomic mass is 9.82. The molecule has 0 amide bonds. The second-order valence-electron chi connectivity index (χ2n) is 25.4. The molecule has 0 fully saturated rings. The molecule has 8 aromatic heterocycles. The quantitative estimate of drug-likeness (QED) is 0.108. The third-order valence-corrected chi connectivity index (χ3v) is 20.3. The van der Waals surface area contributed by atoms with Crippen molar-refractivity contribution in [3.8, 4) is 57.2 Å². The van der Waals surface area contributed by atoms with Gasteiger partial charge in [-0.05, 0) is 79.5 Å². The van der Waals surface area contributed by atoms with Crippen LogP contribution in [-0.4, -0.2) is 58.1 Å². The van der Waals surface area contributed by atoms with Crippen LogP contribution in [0.5, 0.6) is 0 Å². The van der Waals surface area contributed by atoms with E-state index < -0.39 is 0 Å². The van der Waals surface area contributed by atoms with E-state index in [4.69, 9.17) is 19.9 Å². The molecule has 636 valence electrons. The van der Waals surface area contributed by atoms with Crippen LogP contribution in [0.1, 0.15) is 266 Å². The van der Waals surface area contributed by atoms with E-state index in [0.29, 0.717) is 0 Å². The van der Waals surface area contributed by atoms with Crippen LogP contribution < -0.4 is 18.3 Å². The van der Waals surface area contributed by atoms with E-state index >= 15 is 0 Å². The van der Waals surface area contributed by atoms with Crippen molar-refractivity contribution >= 4 is 87.2 Å². The van der Waals surface area contributed by atoms with Gasteiger partial charge in [0.05, 0.1) is 68.9 Å². The van der Waals surface area contributed by atoms with Gasteiger partial charge >= 0.3 is 0 Å². The molecule has 17 aromatic rings. The first-order valence-electron chi connectivity index (χ1n) is 43.8. The van der Waals surface area contributed by atoms with E-state index in [9.17, 15) is 0 Å². The molecule has 0 radical (unpaired) electrons. The number of hydrogen-bond donors (Lipinski definition) is 0. The van der Waals surface area contributed by atoms with Crippen molar-refractivity contribution in [2.24, 2.45) is 0 Å². The van der Waals surface area contributed by atoms with Gasteiger partial charge in [0, 0.05) is 49.3 Å². The van der Waals surface area contributed by atoms with Crippen molar-refractivity contribution in [1.29, 1.82) is 0 Å². The summed E-state index contributed by atoms with van der Waals surface area (Å²) in [6.45, 7) is 61.5. The molecule has 0 N–H and O–H groups in total. The third-order valence-electron chi connectivity index (χ3n) is 20.3. The number of rotatable bonds is 0. The maximum absolute atomic E-state index is 5.07. The molecule has 12 heterocycles. The molecular formula is C104H144N16+4. The summed E-state index contributed by atoms with van der Waals surface area (Å²) in [7, 11) is 0. The van der Waals surface area contributed by atoms with Gasteiger partial charge in [0.15, 0.2) is 24.8 Å². The first kappa shape index (κ1) is 101. The number of nitrogens with zero attached hydrogens (tertiary/aromatic N) is 16. The van der Waals surface area contributed by atoms with E-state index in [1.165, 1.54) is 87.4 Å². The van der Waals surface area contributed by atoms with Gasteiger partial charge in [-0.1, -0.05) is 330 Å². The fourth-order valence-corrected chi connectivity index (χ4v) is 15.8. The van der Waals surface area contributed by atoms with Crippen molar-refractivity contribution < 1.29 is 18.3 Å². The highest BCUT2D eigenvalue weighted by Gasteiger charge is 2.42. The van der Waals surface area contributed by atoms with Crippen LogP contribution in [0.25, 0.3) is 144 Å². The summed E-state index contributed by atoms with van der Waals surface area (Å²) in [4.78, 5) is 36.9. The number of benzene rings is 9. The molecule has 16 heteroatoms. The Morgan fingerprint density at radius 2 is 0.617 bits per heavy atom. The lowest BCUT2D eigenvalue weighted by Crippen LogP contribution is -2.38. The minimum absolute atomic E-state index is 0. The zero-order chi connectivity index (χ0) is 86.1. The fourth-order valence-electron chi connectivity index (χ4n) is 15.8. The van der Waals surface area contributed by atoms with Gasteiger partial charge in [-0.3, -0.25) is 38.2 Å². The number of aromatic nitrogens is 16. The van der Waals surface area contributed by atoms with Crippen molar-refractivity contribution in [1.82, 2.24) is 58.1 Å². The van der Waals surface area contributed by atoms with E-state index in [1.807, 2.05) is 241 Å². The summed E-state index contributed by atoms with van der Waals surface area (Å²) < 4.78 is 18.2. The summed E-state index contributed by atoms with van der Waals surface area (Å²) in [5.41, 5.74) is 18.8. The molecule has 120 heavy (non-hydrogen) atoms. The molecule has 5 aliphatic rings. The van der Waals surface area contributed by atoms with Crippen LogP contribution in [0, 0.1) is 0 Å². The Morgan fingerprint density at radius 1 is 0.283 bits per heavy atom. The maximum Gasteiger partial charge on any atom is 0.269 e. The van der Waals surface area contributed by atoms with E-state index in [2.05, 4.69) is 256 Å². The molecule has 22 rings (SSSR count). The highest BCUT2D eigenvalue weighted by Crippen LogP contribution is 2.51. The molecule has 1 aliphatic carbocycles. The van der Waals surface area contributed by atoms with Gasteiger partial charge in [0.1, 0.15) is 24.8 Å². The van der Waals surface area contributed by atoms with Crippen LogP contribution >= 0.6 is 0 Å². The molecule has 0 bridgehead atoms. The number of fused-ring (bicyclic) bond motifs is 31. The molecule has 4 atom stereocenters. The van der Waals surface area contributed by atoms with Gasteiger partial charge in [0.25, 0.3) is 22.8 Å². The van der Waals surface area contributed by atoms with Gasteiger partial charge in [-0.25, -0.2) is 19.9 Å². The second-order valence-corrected chi connectivity index (χ2v) is 25.4. The molecule has 16 nitrogen and oxygen atoms in total. The Morgan fingerprint density at radius 3 is 1.08 bits per heavy atom. The first-order valence-corrected chi connectivity index (χ1v) is 43.8. The lowest BCUT2D eigenvalue weighted by molar-refractivity contribution is -0.706. The van der Waals surface area contributed by atoms with Crippen LogP contribution in [0.3, 0.4) is 0 Å². The van der Waals surface area contributed by atoms with Crippen LogP contribution in [-0.2, 0) is 5.41 Å². The molecule has 4 unspecified atom stereocenters. The smallest absolute Gasteiger partial charge is 0.259 e. The summed E-state index contributed by atoms with van der Waals surface area (Å²) >= 11 is 0. The SMILES string of the molecule is C.C.C.CC.CC.CC.CC.CC.CC.CC.CC.CC.CC.CC.CC.CC1n2c(nc3c4ccccc4c4ccccc4c32)-c2cncc[n+]21.CC1n2c(nc3c4ccccc4ccc32)-c2cncc[n+]21.CC1n2c(nc3cc4c(cc32)C(C)(C)c2ccccc2-4)-c2cncc[n+]21.CC1n2c(nc3cc4ccccc4cc32)-c2cncc[n+]21. The highest BCUT2D eigenvalue weighted by molar-refractivity contribution is 6.24. The third kappa shape index (κ3) is 17.9. The Labute approximate surface area is 719 Å². The topological polar surface area (TPSA) is 138 Å². The van der Waals surface area contributed by atoms with E-state index in [1.54, 1.807) is 0 Å². The molecular weight excluding hydrogens is 1470 g/mol. The Balaban J connectivity index is 0.000000308.